The molecule has 0 saturated carbocycles. The summed E-state index contributed by atoms with van der Waals surface area (Å²) in [5, 5.41) is 0.863. The molecule has 3 N–H and O–H groups in total. The van der Waals surface area contributed by atoms with E-state index in [9.17, 15) is 8.42 Å². The van der Waals surface area contributed by atoms with E-state index < -0.39 is 10.0 Å². The van der Waals surface area contributed by atoms with Crippen LogP contribution in [0, 0.1) is 13.8 Å². The molecule has 0 spiro atoms. The maximum atomic E-state index is 12.8. The van der Waals surface area contributed by atoms with E-state index in [1.165, 1.54) is 0 Å². The first kappa shape index (κ1) is 18.9. The molecule has 4 aromatic rings. The molecule has 7 heteroatoms. The van der Waals surface area contributed by atoms with Gasteiger partial charge in [0.15, 0.2) is 0 Å². The van der Waals surface area contributed by atoms with E-state index in [0.29, 0.717) is 5.69 Å². The van der Waals surface area contributed by atoms with Gasteiger partial charge in [-0.15, -0.1) is 0 Å². The zero-order valence-corrected chi connectivity index (χ0v) is 16.9. The second-order valence-corrected chi connectivity index (χ2v) is 8.64. The predicted molar refractivity (Wildman–Crippen MR) is 116 cm³/mol. The minimum atomic E-state index is -3.67. The molecule has 1 aromatic heterocycles. The van der Waals surface area contributed by atoms with E-state index in [-0.39, 0.29) is 10.8 Å². The Morgan fingerprint density at radius 2 is 1.79 bits per heavy atom. The molecule has 0 aliphatic rings. The first-order chi connectivity index (χ1) is 13.8. The van der Waals surface area contributed by atoms with Crippen LogP contribution in [-0.2, 0) is 10.0 Å². The topological polar surface area (TPSA) is 98.0 Å². The van der Waals surface area contributed by atoms with E-state index in [4.69, 9.17) is 5.73 Å². The summed E-state index contributed by atoms with van der Waals surface area (Å²) in [7, 11) is -3.67. The van der Waals surface area contributed by atoms with Crippen molar-refractivity contribution in [3.8, 4) is 11.1 Å². The van der Waals surface area contributed by atoms with E-state index in [1.807, 2.05) is 50.2 Å². The maximum Gasteiger partial charge on any atom is 0.261 e. The van der Waals surface area contributed by atoms with Gasteiger partial charge in [-0.3, -0.25) is 4.72 Å². The number of nitrogens with two attached hydrogens (primary N) is 1. The molecule has 0 aliphatic heterocycles. The lowest BCUT2D eigenvalue weighted by Gasteiger charge is -2.13. The van der Waals surface area contributed by atoms with Gasteiger partial charge in [0.1, 0.15) is 0 Å². The van der Waals surface area contributed by atoms with Gasteiger partial charge in [0, 0.05) is 17.3 Å². The Bertz CT molecular complexity index is 1330. The highest BCUT2D eigenvalue weighted by Gasteiger charge is 2.15. The standard InChI is InChI=1S/C22H20N4O2S/c1-14-4-3-5-19(10-14)29(27,28)26-18-8-6-15(2)20(12-18)16-7-9-21-17(11-16)13-24-22(23)25-21/h3-13,26H,1-2H3,(H2,23,24,25). The van der Waals surface area contributed by atoms with Crippen LogP contribution in [0.2, 0.25) is 0 Å². The summed E-state index contributed by atoms with van der Waals surface area (Å²) in [6.07, 6.45) is 1.68. The fourth-order valence-electron chi connectivity index (χ4n) is 3.21. The van der Waals surface area contributed by atoms with Crippen LogP contribution in [0.5, 0.6) is 0 Å². The van der Waals surface area contributed by atoms with Gasteiger partial charge in [-0.1, -0.05) is 24.3 Å². The molecular weight excluding hydrogens is 384 g/mol. The second kappa shape index (κ2) is 7.18. The van der Waals surface area contributed by atoms with Crippen molar-refractivity contribution < 1.29 is 8.42 Å². The molecule has 0 bridgehead atoms. The van der Waals surface area contributed by atoms with Gasteiger partial charge in [0.25, 0.3) is 10.0 Å². The van der Waals surface area contributed by atoms with Gasteiger partial charge in [-0.2, -0.15) is 0 Å². The number of aryl methyl sites for hydroxylation is 2. The van der Waals surface area contributed by atoms with Crippen LogP contribution < -0.4 is 10.5 Å². The summed E-state index contributed by atoms with van der Waals surface area (Å²) in [6.45, 7) is 3.85. The fraction of sp³-hybridized carbons (Fsp3) is 0.0909. The lowest BCUT2D eigenvalue weighted by atomic mass is 9.99. The molecule has 0 aliphatic carbocycles. The highest BCUT2D eigenvalue weighted by Crippen LogP contribution is 2.30. The summed E-state index contributed by atoms with van der Waals surface area (Å²) in [5.41, 5.74) is 10.7. The summed E-state index contributed by atoms with van der Waals surface area (Å²) in [4.78, 5) is 8.50. The monoisotopic (exact) mass is 404 g/mol. The van der Waals surface area contributed by atoms with E-state index in [2.05, 4.69) is 14.7 Å². The number of anilines is 2. The predicted octanol–water partition coefficient (Wildman–Crippen LogP) is 4.30. The molecule has 0 amide bonds. The lowest BCUT2D eigenvalue weighted by molar-refractivity contribution is 0.601. The maximum absolute atomic E-state index is 12.8. The van der Waals surface area contributed by atoms with Crippen molar-refractivity contribution in [2.45, 2.75) is 18.7 Å². The number of hydrogen-bond acceptors (Lipinski definition) is 5. The van der Waals surface area contributed by atoms with Crippen LogP contribution in [0.15, 0.2) is 71.8 Å². The van der Waals surface area contributed by atoms with Gasteiger partial charge in [0.05, 0.1) is 10.4 Å². The van der Waals surface area contributed by atoms with Gasteiger partial charge in [0.2, 0.25) is 5.95 Å². The van der Waals surface area contributed by atoms with Crippen molar-refractivity contribution in [3.63, 3.8) is 0 Å². The molecule has 6 nitrogen and oxygen atoms in total. The molecule has 0 radical (unpaired) electrons. The van der Waals surface area contributed by atoms with Crippen molar-refractivity contribution >= 4 is 32.6 Å². The molecule has 29 heavy (non-hydrogen) atoms. The highest BCUT2D eigenvalue weighted by molar-refractivity contribution is 7.92. The van der Waals surface area contributed by atoms with Crippen molar-refractivity contribution in [2.24, 2.45) is 0 Å². The molecule has 146 valence electrons. The molecule has 0 fully saturated rings. The van der Waals surface area contributed by atoms with E-state index in [1.54, 1.807) is 30.5 Å². The fourth-order valence-corrected chi connectivity index (χ4v) is 4.36. The summed E-state index contributed by atoms with van der Waals surface area (Å²) < 4.78 is 28.2. The highest BCUT2D eigenvalue weighted by atomic mass is 32.2. The first-order valence-corrected chi connectivity index (χ1v) is 10.5. The molecular formula is C22H20N4O2S. The summed E-state index contributed by atoms with van der Waals surface area (Å²) in [5.74, 6) is 0.231. The molecule has 4 rings (SSSR count). The van der Waals surface area contributed by atoms with Crippen LogP contribution in [0.3, 0.4) is 0 Å². The number of sulfonamides is 1. The largest absolute Gasteiger partial charge is 0.368 e. The Morgan fingerprint density at radius 1 is 0.966 bits per heavy atom. The van der Waals surface area contributed by atoms with Crippen LogP contribution in [0.4, 0.5) is 11.6 Å². The number of hydrogen-bond donors (Lipinski definition) is 2. The number of nitrogens with one attached hydrogen (secondary N) is 1. The zero-order chi connectivity index (χ0) is 20.6. The SMILES string of the molecule is Cc1cccc(S(=O)(=O)Nc2ccc(C)c(-c3ccc4nc(N)ncc4c3)c2)c1. The van der Waals surface area contributed by atoms with Crippen LogP contribution in [0.1, 0.15) is 11.1 Å². The van der Waals surface area contributed by atoms with Crippen LogP contribution in [-0.4, -0.2) is 18.4 Å². The molecule has 0 atom stereocenters. The molecule has 0 unspecified atom stereocenters. The van der Waals surface area contributed by atoms with Crippen molar-refractivity contribution in [2.75, 3.05) is 10.5 Å². The number of nitrogen functional groups attached to an aromatic ring is 1. The van der Waals surface area contributed by atoms with Crippen molar-refractivity contribution in [1.29, 1.82) is 0 Å². The van der Waals surface area contributed by atoms with Crippen LogP contribution >= 0.6 is 0 Å². The van der Waals surface area contributed by atoms with E-state index >= 15 is 0 Å². The third-order valence-electron chi connectivity index (χ3n) is 4.70. The van der Waals surface area contributed by atoms with Crippen molar-refractivity contribution in [3.05, 3.63) is 78.0 Å². The Balaban J connectivity index is 1.72. The normalized spacial score (nSPS) is 11.5. The van der Waals surface area contributed by atoms with Gasteiger partial charge in [-0.25, -0.2) is 18.4 Å². The molecule has 1 heterocycles. The Labute approximate surface area is 169 Å². The number of fused-ring (bicyclic) bond motifs is 1. The quantitative estimate of drug-likeness (QED) is 0.528. The number of nitrogens with zero attached hydrogens (tertiary/aromatic N) is 2. The second-order valence-electron chi connectivity index (χ2n) is 6.95. The van der Waals surface area contributed by atoms with Gasteiger partial charge < -0.3 is 5.73 Å². The minimum Gasteiger partial charge on any atom is -0.368 e. The third kappa shape index (κ3) is 3.90. The van der Waals surface area contributed by atoms with E-state index in [0.717, 1.165) is 33.2 Å². The minimum absolute atomic E-state index is 0.231. The third-order valence-corrected chi connectivity index (χ3v) is 6.08. The average Bonchev–Trinajstić information content (AvgIpc) is 2.69. The molecule has 3 aromatic carbocycles. The Morgan fingerprint density at radius 3 is 2.59 bits per heavy atom. The Kier molecular flexibility index (Phi) is 4.68. The molecule has 0 saturated heterocycles. The summed E-state index contributed by atoms with van der Waals surface area (Å²) >= 11 is 0. The van der Waals surface area contributed by atoms with Crippen molar-refractivity contribution in [1.82, 2.24) is 9.97 Å². The van der Waals surface area contributed by atoms with Crippen LogP contribution in [0.25, 0.3) is 22.0 Å². The lowest BCUT2D eigenvalue weighted by Crippen LogP contribution is -2.13. The van der Waals surface area contributed by atoms with Gasteiger partial charge >= 0.3 is 0 Å². The summed E-state index contributed by atoms with van der Waals surface area (Å²) in [6, 6.07) is 18.1. The Hall–Kier alpha value is -3.45. The number of aromatic nitrogens is 2. The average molecular weight is 404 g/mol. The number of rotatable bonds is 4. The smallest absolute Gasteiger partial charge is 0.261 e. The van der Waals surface area contributed by atoms with Gasteiger partial charge in [-0.05, 0) is 72.5 Å². The first-order valence-electron chi connectivity index (χ1n) is 9.05. The number of benzene rings is 3. The zero-order valence-electron chi connectivity index (χ0n) is 16.0.